The van der Waals surface area contributed by atoms with Crippen molar-refractivity contribution in [2.45, 2.75) is 64.8 Å². The molecule has 0 saturated heterocycles. The van der Waals surface area contributed by atoms with E-state index in [4.69, 9.17) is 34.0 Å². The van der Waals surface area contributed by atoms with E-state index in [1.54, 1.807) is 20.8 Å². The lowest BCUT2D eigenvalue weighted by atomic mass is 9.86. The van der Waals surface area contributed by atoms with Gasteiger partial charge in [0.15, 0.2) is 5.71 Å². The van der Waals surface area contributed by atoms with Gasteiger partial charge < -0.3 is 20.8 Å². The molecule has 1 aliphatic carbocycles. The Balaban J connectivity index is 2.41. The smallest absolute Gasteiger partial charge is 0.433 e. The highest BCUT2D eigenvalue weighted by Gasteiger charge is 2.43. The topological polar surface area (TPSA) is 129 Å². The Bertz CT molecular complexity index is 1030. The van der Waals surface area contributed by atoms with Crippen molar-refractivity contribution in [2.24, 2.45) is 22.1 Å². The SMILES string of the molecule is CC(C)(C)CN(CC(O)c1c(Cl)cncc1Cl)C(=O)C(=CN)C(=NC1CCC(C(=O)O)CC1)C(F)(F)F. The summed E-state index contributed by atoms with van der Waals surface area (Å²) in [4.78, 5) is 33.4. The van der Waals surface area contributed by atoms with Crippen molar-refractivity contribution < 1.29 is 33.0 Å². The molecule has 1 atom stereocenters. The Kier molecular flexibility index (Phi) is 10.4. The minimum Gasteiger partial charge on any atom is -0.481 e. The van der Waals surface area contributed by atoms with E-state index in [9.17, 15) is 27.9 Å². The number of hydrogen-bond acceptors (Lipinski definition) is 6. The average molecular weight is 567 g/mol. The molecule has 206 valence electrons. The predicted octanol–water partition coefficient (Wildman–Crippen LogP) is 4.79. The summed E-state index contributed by atoms with van der Waals surface area (Å²) in [6, 6.07) is -0.814. The summed E-state index contributed by atoms with van der Waals surface area (Å²) in [5, 5.41) is 20.1. The molecule has 4 N–H and O–H groups in total. The van der Waals surface area contributed by atoms with E-state index >= 15 is 0 Å². The molecule has 8 nitrogen and oxygen atoms in total. The number of carbonyl (C=O) groups is 2. The van der Waals surface area contributed by atoms with Crippen LogP contribution in [0.3, 0.4) is 0 Å². The number of carboxylic acid groups (broad SMARTS) is 1. The summed E-state index contributed by atoms with van der Waals surface area (Å²) in [7, 11) is 0. The highest BCUT2D eigenvalue weighted by atomic mass is 35.5. The second-order valence-corrected chi connectivity index (χ2v) is 11.0. The molecule has 1 saturated carbocycles. The van der Waals surface area contributed by atoms with Gasteiger partial charge in [0, 0.05) is 30.7 Å². The van der Waals surface area contributed by atoms with Gasteiger partial charge >= 0.3 is 12.1 Å². The second-order valence-electron chi connectivity index (χ2n) is 10.2. The normalized spacial score (nSPS) is 20.5. The number of aliphatic hydroxyl groups excluding tert-OH is 1. The molecule has 0 bridgehead atoms. The van der Waals surface area contributed by atoms with Crippen LogP contribution in [0.1, 0.15) is 58.1 Å². The van der Waals surface area contributed by atoms with Crippen molar-refractivity contribution in [3.63, 3.8) is 0 Å². The van der Waals surface area contributed by atoms with Crippen LogP contribution in [0, 0.1) is 11.3 Å². The van der Waals surface area contributed by atoms with E-state index in [0.29, 0.717) is 6.20 Å². The molecule has 1 heterocycles. The quantitative estimate of drug-likeness (QED) is 0.306. The van der Waals surface area contributed by atoms with E-state index < -0.39 is 59.4 Å². The number of aliphatic carboxylic acids is 1. The number of aromatic nitrogens is 1. The standard InChI is InChI=1S/C24H31Cl2F3N4O4/c1-23(2,3)12-33(11-18(34)19-16(25)9-31-10-17(19)26)21(35)15(8-30)20(24(27,28)29)32-14-6-4-13(5-7-14)22(36)37/h8-10,13-14,18,34H,4-7,11-12,30H2,1-3H3,(H,36,37). The molecule has 0 aromatic carbocycles. The third-order valence-corrected chi connectivity index (χ3v) is 6.45. The second kappa shape index (κ2) is 12.4. The Labute approximate surface area is 223 Å². The van der Waals surface area contributed by atoms with Gasteiger partial charge in [-0.25, -0.2) is 0 Å². The zero-order chi connectivity index (χ0) is 28.1. The largest absolute Gasteiger partial charge is 0.481 e. The number of amides is 1. The van der Waals surface area contributed by atoms with Crippen LogP contribution in [0.25, 0.3) is 0 Å². The van der Waals surface area contributed by atoms with Crippen LogP contribution in [0.4, 0.5) is 13.2 Å². The van der Waals surface area contributed by atoms with Gasteiger partial charge in [0.2, 0.25) is 0 Å². The number of hydrogen-bond donors (Lipinski definition) is 3. The third kappa shape index (κ3) is 8.58. The Morgan fingerprint density at radius 2 is 1.73 bits per heavy atom. The van der Waals surface area contributed by atoms with E-state index in [2.05, 4.69) is 9.98 Å². The monoisotopic (exact) mass is 566 g/mol. The number of aliphatic hydroxyl groups is 1. The molecule has 37 heavy (non-hydrogen) atoms. The van der Waals surface area contributed by atoms with Crippen molar-refractivity contribution in [2.75, 3.05) is 13.1 Å². The highest BCUT2D eigenvalue weighted by Crippen LogP contribution is 2.33. The number of aliphatic imine (C=N–C) groups is 1. The first kappa shape index (κ1) is 30.9. The summed E-state index contributed by atoms with van der Waals surface area (Å²) in [5.74, 6) is -2.71. The summed E-state index contributed by atoms with van der Waals surface area (Å²) in [5.41, 5.74) is 2.77. The van der Waals surface area contributed by atoms with Gasteiger partial charge in [0.05, 0.1) is 40.2 Å². The minimum atomic E-state index is -5.01. The lowest BCUT2D eigenvalue weighted by molar-refractivity contribution is -0.142. The number of nitrogens with two attached hydrogens (primary N) is 1. The van der Waals surface area contributed by atoms with E-state index in [-0.39, 0.29) is 47.8 Å². The first-order chi connectivity index (χ1) is 17.0. The molecule has 1 amide bonds. The Hall–Kier alpha value is -2.37. The highest BCUT2D eigenvalue weighted by molar-refractivity contribution is 6.35. The zero-order valence-corrected chi connectivity index (χ0v) is 22.2. The van der Waals surface area contributed by atoms with Crippen LogP contribution in [-0.4, -0.2) is 63.0 Å². The van der Waals surface area contributed by atoms with Gasteiger partial charge in [-0.3, -0.25) is 19.6 Å². The summed E-state index contributed by atoms with van der Waals surface area (Å²) < 4.78 is 42.4. The fourth-order valence-corrected chi connectivity index (χ4v) is 4.80. The fourth-order valence-electron chi connectivity index (χ4n) is 4.18. The van der Waals surface area contributed by atoms with Crippen LogP contribution in [0.15, 0.2) is 29.2 Å². The van der Waals surface area contributed by atoms with E-state index in [1.165, 1.54) is 12.4 Å². The first-order valence-corrected chi connectivity index (χ1v) is 12.4. The molecule has 13 heteroatoms. The number of carboxylic acids is 1. The number of nitrogens with zero attached hydrogens (tertiary/aromatic N) is 3. The van der Waals surface area contributed by atoms with Crippen LogP contribution >= 0.6 is 23.2 Å². The van der Waals surface area contributed by atoms with Gasteiger partial charge in [0.1, 0.15) is 0 Å². The van der Waals surface area contributed by atoms with Crippen LogP contribution in [0.2, 0.25) is 10.0 Å². The number of rotatable bonds is 8. The van der Waals surface area contributed by atoms with Gasteiger partial charge in [-0.15, -0.1) is 0 Å². The van der Waals surface area contributed by atoms with Crippen molar-refractivity contribution in [1.82, 2.24) is 9.88 Å². The molecular formula is C24H31Cl2F3N4O4. The van der Waals surface area contributed by atoms with E-state index in [0.717, 1.165) is 4.90 Å². The summed E-state index contributed by atoms with van der Waals surface area (Å²) >= 11 is 12.2. The number of pyridine rings is 1. The maximum Gasteiger partial charge on any atom is 0.433 e. The molecule has 1 aromatic rings. The van der Waals surface area contributed by atoms with Crippen molar-refractivity contribution in [3.8, 4) is 0 Å². The zero-order valence-electron chi connectivity index (χ0n) is 20.7. The van der Waals surface area contributed by atoms with E-state index in [1.807, 2.05) is 0 Å². The van der Waals surface area contributed by atoms with Crippen molar-refractivity contribution in [1.29, 1.82) is 0 Å². The summed E-state index contributed by atoms with van der Waals surface area (Å²) in [6.07, 6.45) is -2.74. The Morgan fingerprint density at radius 3 is 2.16 bits per heavy atom. The number of halogens is 5. The molecule has 0 aliphatic heterocycles. The molecule has 1 aliphatic rings. The fraction of sp³-hybridized carbons (Fsp3) is 0.583. The van der Waals surface area contributed by atoms with Gasteiger partial charge in [-0.1, -0.05) is 44.0 Å². The molecule has 1 aromatic heterocycles. The maximum atomic E-state index is 14.1. The third-order valence-electron chi connectivity index (χ3n) is 5.85. The average Bonchev–Trinajstić information content (AvgIpc) is 2.77. The number of carbonyl (C=O) groups excluding carboxylic acids is 1. The first-order valence-electron chi connectivity index (χ1n) is 11.6. The minimum absolute atomic E-state index is 0.0323. The van der Waals surface area contributed by atoms with Crippen LogP contribution < -0.4 is 5.73 Å². The lowest BCUT2D eigenvalue weighted by Gasteiger charge is -2.33. The Morgan fingerprint density at radius 1 is 1.19 bits per heavy atom. The van der Waals surface area contributed by atoms with Crippen molar-refractivity contribution in [3.05, 3.63) is 39.8 Å². The maximum absolute atomic E-state index is 14.1. The molecular weight excluding hydrogens is 536 g/mol. The molecule has 0 radical (unpaired) electrons. The van der Waals surface area contributed by atoms with Crippen LogP contribution in [-0.2, 0) is 9.59 Å². The molecule has 2 rings (SSSR count). The van der Waals surface area contributed by atoms with Crippen LogP contribution in [0.5, 0.6) is 0 Å². The molecule has 0 spiro atoms. The lowest BCUT2D eigenvalue weighted by Crippen LogP contribution is -2.44. The summed E-state index contributed by atoms with van der Waals surface area (Å²) in [6.45, 7) is 4.87. The number of alkyl halides is 3. The molecule has 1 unspecified atom stereocenters. The predicted molar refractivity (Wildman–Crippen MR) is 134 cm³/mol. The van der Waals surface area contributed by atoms with Gasteiger partial charge in [-0.05, 0) is 31.1 Å². The molecule has 1 fully saturated rings. The van der Waals surface area contributed by atoms with Gasteiger partial charge in [-0.2, -0.15) is 13.2 Å². The van der Waals surface area contributed by atoms with Crippen molar-refractivity contribution >= 4 is 40.8 Å². The van der Waals surface area contributed by atoms with Gasteiger partial charge in [0.25, 0.3) is 5.91 Å².